The fourth-order valence-corrected chi connectivity index (χ4v) is 6.81. The van der Waals surface area contributed by atoms with E-state index in [1.807, 2.05) is 30.4 Å². The van der Waals surface area contributed by atoms with Crippen LogP contribution in [0.5, 0.6) is 0 Å². The second kappa shape index (κ2) is 5.22. The van der Waals surface area contributed by atoms with E-state index in [1.165, 1.54) is 12.8 Å². The summed E-state index contributed by atoms with van der Waals surface area (Å²) in [5.41, 5.74) is 8.67. The van der Waals surface area contributed by atoms with Crippen molar-refractivity contribution in [1.82, 2.24) is 9.34 Å². The summed E-state index contributed by atoms with van der Waals surface area (Å²) < 4.78 is 17.4. The molecule has 2 fully saturated rings. The van der Waals surface area contributed by atoms with Crippen molar-refractivity contribution >= 4 is 7.44 Å². The molecule has 18 heavy (non-hydrogen) atoms. The predicted octanol–water partition coefficient (Wildman–Crippen LogP) is 3.41. The Kier molecular flexibility index (Phi) is 4.02. The van der Waals surface area contributed by atoms with Crippen molar-refractivity contribution < 1.29 is 4.57 Å². The van der Waals surface area contributed by atoms with Gasteiger partial charge in [-0.25, -0.2) is 9.34 Å². The minimum Gasteiger partial charge on any atom is -0.288 e. The Bertz CT molecular complexity index is 386. The van der Waals surface area contributed by atoms with E-state index in [4.69, 9.17) is 5.53 Å². The maximum absolute atomic E-state index is 13.3. The van der Waals surface area contributed by atoms with Crippen LogP contribution < -0.4 is 0 Å². The fraction of sp³-hybridized carbons (Fsp3) is 1.00. The molecule has 2 rings (SSSR count). The summed E-state index contributed by atoms with van der Waals surface area (Å²) >= 11 is 0. The monoisotopic (exact) mass is 271 g/mol. The molecule has 0 aromatic heterocycles. The van der Waals surface area contributed by atoms with Crippen LogP contribution in [0, 0.1) is 0 Å². The highest BCUT2D eigenvalue weighted by Gasteiger charge is 2.54. The van der Waals surface area contributed by atoms with E-state index in [1.54, 1.807) is 0 Å². The molecule has 1 aliphatic carbocycles. The summed E-state index contributed by atoms with van der Waals surface area (Å²) in [6.07, 6.45) is 5.23. The maximum Gasteiger partial charge on any atom is 0.225 e. The first kappa shape index (κ1) is 13.9. The smallest absolute Gasteiger partial charge is 0.225 e. The van der Waals surface area contributed by atoms with Gasteiger partial charge in [0.05, 0.1) is 0 Å². The van der Waals surface area contributed by atoms with Gasteiger partial charge in [0.15, 0.2) is 0 Å². The van der Waals surface area contributed by atoms with Crippen LogP contribution in [0.15, 0.2) is 5.11 Å². The summed E-state index contributed by atoms with van der Waals surface area (Å²) in [4.78, 5) is 2.88. The summed E-state index contributed by atoms with van der Waals surface area (Å²) in [5.74, 6) is -0.428. The number of rotatable bonds is 3. The van der Waals surface area contributed by atoms with E-state index in [0.717, 1.165) is 12.8 Å². The normalized spacial score (nSPS) is 33.7. The molecule has 6 nitrogen and oxygen atoms in total. The van der Waals surface area contributed by atoms with Gasteiger partial charge in [0, 0.05) is 17.0 Å². The van der Waals surface area contributed by atoms with Crippen molar-refractivity contribution in [1.29, 1.82) is 0 Å². The average molecular weight is 271 g/mol. The van der Waals surface area contributed by atoms with Gasteiger partial charge in [0.2, 0.25) is 7.44 Å². The molecule has 0 bridgehead atoms. The number of hydrogen-bond acceptors (Lipinski definition) is 2. The number of nitrogens with zero attached hydrogens (tertiary/aromatic N) is 5. The first-order valence-electron chi connectivity index (χ1n) is 6.67. The molecule has 0 aromatic rings. The number of azide groups is 1. The van der Waals surface area contributed by atoms with Crippen molar-refractivity contribution in [3.05, 3.63) is 10.4 Å². The van der Waals surface area contributed by atoms with Crippen LogP contribution in [-0.4, -0.2) is 41.3 Å². The zero-order valence-corrected chi connectivity index (χ0v) is 12.3. The molecule has 1 aliphatic heterocycles. The maximum atomic E-state index is 13.3. The second-order valence-electron chi connectivity index (χ2n) is 5.25. The first-order valence-corrected chi connectivity index (χ1v) is 8.36. The minimum atomic E-state index is -2.74. The standard InChI is InChI=1S/C11H22N5OP/c1-4-11(13-14-12)18(17)15(2)9-7-5-6-8-10(9)16(18)3/h9-11H,4-8H2,1-3H3/t9-,10-,11-/m1/s1. The Labute approximate surface area is 108 Å². The molecule has 1 saturated heterocycles. The topological polar surface area (TPSA) is 72.3 Å². The van der Waals surface area contributed by atoms with Crippen molar-refractivity contribution in [3.8, 4) is 0 Å². The van der Waals surface area contributed by atoms with Crippen LogP contribution in [0.2, 0.25) is 0 Å². The molecule has 3 atom stereocenters. The highest BCUT2D eigenvalue weighted by molar-refractivity contribution is 7.60. The zero-order valence-electron chi connectivity index (χ0n) is 11.4. The molecule has 7 heteroatoms. The molecule has 0 N–H and O–H groups in total. The van der Waals surface area contributed by atoms with E-state index in [2.05, 4.69) is 10.0 Å². The molecular formula is C11H22N5OP. The van der Waals surface area contributed by atoms with Gasteiger partial charge in [-0.2, -0.15) is 0 Å². The Morgan fingerprint density at radius 2 is 1.83 bits per heavy atom. The molecule has 1 saturated carbocycles. The summed E-state index contributed by atoms with van der Waals surface area (Å²) in [6, 6.07) is 0.718. The largest absolute Gasteiger partial charge is 0.288 e. The molecule has 102 valence electrons. The summed E-state index contributed by atoms with van der Waals surface area (Å²) in [5, 5.41) is 3.79. The first-order chi connectivity index (χ1) is 8.57. The predicted molar refractivity (Wildman–Crippen MR) is 72.4 cm³/mol. The van der Waals surface area contributed by atoms with Gasteiger partial charge >= 0.3 is 0 Å². The van der Waals surface area contributed by atoms with Crippen LogP contribution in [0.4, 0.5) is 0 Å². The van der Waals surface area contributed by atoms with Crippen LogP contribution >= 0.6 is 7.44 Å². The van der Waals surface area contributed by atoms with Gasteiger partial charge in [0.25, 0.3) is 0 Å². The zero-order chi connectivity index (χ0) is 13.3. The van der Waals surface area contributed by atoms with Gasteiger partial charge in [-0.15, -0.1) is 0 Å². The molecule has 0 radical (unpaired) electrons. The van der Waals surface area contributed by atoms with E-state index < -0.39 is 13.2 Å². The Morgan fingerprint density at radius 1 is 1.33 bits per heavy atom. The molecule has 0 spiro atoms. The Hall–Kier alpha value is -0.540. The van der Waals surface area contributed by atoms with E-state index in [9.17, 15) is 4.57 Å². The third-order valence-corrected chi connectivity index (χ3v) is 8.14. The number of fused-ring (bicyclic) bond motifs is 1. The van der Waals surface area contributed by atoms with Crippen LogP contribution in [0.1, 0.15) is 39.0 Å². The third kappa shape index (κ3) is 1.88. The SMILES string of the molecule is CC[C@H](N=[N+]=[N-])P1(=O)N(C)[C@@H]2CCCC[C@H]2N1C. The Morgan fingerprint density at radius 3 is 2.22 bits per heavy atom. The minimum absolute atomic E-state index is 0.359. The molecule has 2 aliphatic rings. The number of likely N-dealkylation sites (N-methyl/N-ethyl adjacent to an activating group) is 2. The summed E-state index contributed by atoms with van der Waals surface area (Å²) in [7, 11) is 1.13. The lowest BCUT2D eigenvalue weighted by atomic mass is 9.91. The summed E-state index contributed by atoms with van der Waals surface area (Å²) in [6.45, 7) is 1.93. The molecule has 0 amide bonds. The Balaban J connectivity index is 2.36. The lowest BCUT2D eigenvalue weighted by Crippen LogP contribution is -2.37. The van der Waals surface area contributed by atoms with E-state index in [0.29, 0.717) is 18.5 Å². The van der Waals surface area contributed by atoms with Gasteiger partial charge in [-0.05, 0) is 38.9 Å². The molecule has 0 unspecified atom stereocenters. The quantitative estimate of drug-likeness (QED) is 0.342. The average Bonchev–Trinajstić information content (AvgIpc) is 2.60. The van der Waals surface area contributed by atoms with E-state index in [-0.39, 0.29) is 0 Å². The van der Waals surface area contributed by atoms with Gasteiger partial charge < -0.3 is 0 Å². The molecule has 0 aromatic carbocycles. The molecular weight excluding hydrogens is 249 g/mol. The van der Waals surface area contributed by atoms with E-state index >= 15 is 0 Å². The van der Waals surface area contributed by atoms with Crippen LogP contribution in [0.3, 0.4) is 0 Å². The van der Waals surface area contributed by atoms with Crippen molar-refractivity contribution in [2.45, 2.75) is 56.9 Å². The van der Waals surface area contributed by atoms with Gasteiger partial charge in [0.1, 0.15) is 5.78 Å². The van der Waals surface area contributed by atoms with Gasteiger partial charge in [-0.3, -0.25) is 4.57 Å². The highest BCUT2D eigenvalue weighted by atomic mass is 31.2. The van der Waals surface area contributed by atoms with Crippen molar-refractivity contribution in [3.63, 3.8) is 0 Å². The third-order valence-electron chi connectivity index (χ3n) is 4.50. The van der Waals surface area contributed by atoms with Crippen molar-refractivity contribution in [2.75, 3.05) is 14.1 Å². The van der Waals surface area contributed by atoms with Crippen molar-refractivity contribution in [2.24, 2.45) is 5.11 Å². The lowest BCUT2D eigenvalue weighted by Gasteiger charge is -2.31. The molecule has 1 heterocycles. The lowest BCUT2D eigenvalue weighted by molar-refractivity contribution is 0.233. The highest BCUT2D eigenvalue weighted by Crippen LogP contribution is 2.65. The fourth-order valence-electron chi connectivity index (χ4n) is 3.48. The number of hydrogen-bond donors (Lipinski definition) is 0. The van der Waals surface area contributed by atoms with Gasteiger partial charge in [-0.1, -0.05) is 24.9 Å². The van der Waals surface area contributed by atoms with Crippen LogP contribution in [-0.2, 0) is 4.57 Å². The second-order valence-corrected chi connectivity index (χ2v) is 8.29. The van der Waals surface area contributed by atoms with Crippen LogP contribution in [0.25, 0.3) is 10.4 Å².